The highest BCUT2D eigenvalue weighted by molar-refractivity contribution is 5.89. The quantitative estimate of drug-likeness (QED) is 0.117. The van der Waals surface area contributed by atoms with Gasteiger partial charge in [-0.25, -0.2) is 19.6 Å². The molecule has 4 N–H and O–H groups in total. The smallest absolute Gasteiger partial charge is 0.407 e. The van der Waals surface area contributed by atoms with Crippen LogP contribution in [0, 0.1) is 23.7 Å². The van der Waals surface area contributed by atoms with E-state index in [0.29, 0.717) is 11.8 Å². The first-order chi connectivity index (χ1) is 30.9. The van der Waals surface area contributed by atoms with Crippen LogP contribution < -0.4 is 21.1 Å². The van der Waals surface area contributed by atoms with E-state index >= 15 is 0 Å². The maximum Gasteiger partial charge on any atom is 0.407 e. The minimum Gasteiger partial charge on any atom is -0.453 e. The number of hydrogen-bond donors (Lipinski definition) is 4. The number of methoxy groups -OCH3 is 2. The van der Waals surface area contributed by atoms with Crippen LogP contribution in [0.4, 0.5) is 9.59 Å². The Labute approximate surface area is 371 Å². The number of benzene rings is 3. The lowest BCUT2D eigenvalue weighted by molar-refractivity contribution is -0.137. The predicted molar refractivity (Wildman–Crippen MR) is 242 cm³/mol. The van der Waals surface area contributed by atoms with Gasteiger partial charge >= 0.3 is 12.2 Å². The van der Waals surface area contributed by atoms with E-state index in [9.17, 15) is 19.2 Å². The minimum atomic E-state index is -0.673. The molecule has 332 valence electrons. The third kappa shape index (κ3) is 7.60. The molecule has 14 nitrogen and oxygen atoms in total. The van der Waals surface area contributed by atoms with Gasteiger partial charge in [0, 0.05) is 29.1 Å². The van der Waals surface area contributed by atoms with Crippen molar-refractivity contribution in [3.05, 3.63) is 94.6 Å². The second kappa shape index (κ2) is 16.3. The van der Waals surface area contributed by atoms with E-state index < -0.39 is 24.3 Å². The number of carbonyl (C=O) groups excluding carboxylic acids is 4. The molecule has 1 unspecified atom stereocenters. The van der Waals surface area contributed by atoms with Crippen LogP contribution in [0.2, 0.25) is 0 Å². The molecule has 0 radical (unpaired) electrons. The number of aromatic nitrogens is 4. The van der Waals surface area contributed by atoms with Crippen LogP contribution in [-0.4, -0.2) is 92.1 Å². The van der Waals surface area contributed by atoms with E-state index in [1.165, 1.54) is 30.2 Å². The third-order valence-corrected chi connectivity index (χ3v) is 14.3. The fourth-order valence-corrected chi connectivity index (χ4v) is 10.6. The zero-order valence-electron chi connectivity index (χ0n) is 37.1. The molecule has 2 aromatic heterocycles. The van der Waals surface area contributed by atoms with Crippen LogP contribution in [0.5, 0.6) is 0 Å². The highest BCUT2D eigenvalue weighted by Crippen LogP contribution is 2.54. The molecule has 5 aliphatic rings. The van der Waals surface area contributed by atoms with Gasteiger partial charge in [-0.15, -0.1) is 0 Å². The monoisotopic (exact) mass is 864 g/mol. The van der Waals surface area contributed by atoms with Crippen molar-refractivity contribution < 1.29 is 28.7 Å². The lowest BCUT2D eigenvalue weighted by Crippen LogP contribution is -2.52. The molecule has 64 heavy (non-hydrogen) atoms. The molecule has 5 aromatic rings. The number of piperidine rings is 2. The van der Waals surface area contributed by atoms with Crippen molar-refractivity contribution in [2.24, 2.45) is 23.7 Å². The molecule has 4 amide bonds. The van der Waals surface area contributed by atoms with Gasteiger partial charge in [0.25, 0.3) is 0 Å². The SMILES string of the molecule is COC(=O)N[C@H](C(=O)N1[C@@H]2C[C@@H]2C[C@H]1c1ncc(-c2ccc3c(c2)=CCC(c2ccc4cc(-c5cnc([C@@H]6C[C@H]7C[C@H]7N6C(=O)[C@@H](NC(=O)OC)C(C)C)[nH]5)ccc4c2)C=3)[nH]1)C(C)C. The normalized spacial score (nSPS) is 24.8. The Hall–Kier alpha value is -6.44. The summed E-state index contributed by atoms with van der Waals surface area (Å²) < 4.78 is 9.64. The third-order valence-electron chi connectivity index (χ3n) is 14.3. The van der Waals surface area contributed by atoms with E-state index in [4.69, 9.17) is 19.4 Å². The Morgan fingerprint density at radius 2 is 1.17 bits per heavy atom. The molecule has 9 atom stereocenters. The molecule has 3 aliphatic carbocycles. The van der Waals surface area contributed by atoms with Crippen LogP contribution in [0.15, 0.2) is 67.0 Å². The Morgan fingerprint density at radius 3 is 1.72 bits per heavy atom. The standard InChI is InChI=1S/C50H56N8O6/c1-25(2)43(55-49(61)63-5)47(59)57-39-19-35(39)21-41(57)45-51-23-37(53-45)33-13-11-29-15-27(7-9-31(29)17-33)28-8-10-32-18-34(14-12-30(32)16-28)38-24-52-46(54-38)42-22-36-20-40(36)58(42)48(60)44(26(3)4)56-50(62)64-6/h7,9-18,23-26,28,35-36,39-44H,8,19-22H2,1-6H3,(H,51,53)(H,52,54)(H,55,61)(H,56,62)/t28?,35-,36-,39-,40-,41+,42+,43+,44+/m1/s1. The molecule has 0 bridgehead atoms. The molecule has 4 heterocycles. The first-order valence-electron chi connectivity index (χ1n) is 22.7. The summed E-state index contributed by atoms with van der Waals surface area (Å²) in [5, 5.41) is 10.2. The van der Waals surface area contributed by atoms with Crippen molar-refractivity contribution in [3.8, 4) is 22.5 Å². The molecule has 2 saturated carbocycles. The first-order valence-corrected chi connectivity index (χ1v) is 22.7. The van der Waals surface area contributed by atoms with Crippen molar-refractivity contribution in [1.29, 1.82) is 0 Å². The lowest BCUT2D eigenvalue weighted by Gasteiger charge is -2.31. The van der Waals surface area contributed by atoms with Gasteiger partial charge < -0.3 is 39.9 Å². The lowest BCUT2D eigenvalue weighted by atomic mass is 9.88. The van der Waals surface area contributed by atoms with Gasteiger partial charge in [-0.1, -0.05) is 82.3 Å². The van der Waals surface area contributed by atoms with E-state index in [1.54, 1.807) is 0 Å². The summed E-state index contributed by atoms with van der Waals surface area (Å²) in [5.74, 6) is 2.31. The maximum absolute atomic E-state index is 13.9. The maximum atomic E-state index is 13.9. The number of aromatic amines is 2. The molecule has 10 rings (SSSR count). The van der Waals surface area contributed by atoms with E-state index in [2.05, 4.69) is 87.4 Å². The number of hydrogen-bond acceptors (Lipinski definition) is 8. The number of amides is 4. The Bertz CT molecular complexity index is 2790. The van der Waals surface area contributed by atoms with Crippen LogP contribution in [0.1, 0.15) is 95.0 Å². The van der Waals surface area contributed by atoms with Crippen molar-refractivity contribution in [3.63, 3.8) is 0 Å². The number of nitrogens with one attached hydrogen (secondary N) is 4. The van der Waals surface area contributed by atoms with E-state index in [1.807, 2.05) is 49.9 Å². The van der Waals surface area contributed by atoms with Gasteiger partial charge in [-0.3, -0.25) is 9.59 Å². The summed E-state index contributed by atoms with van der Waals surface area (Å²) in [7, 11) is 2.62. The number of ether oxygens (including phenoxy) is 2. The second-order valence-corrected chi connectivity index (χ2v) is 19.1. The summed E-state index contributed by atoms with van der Waals surface area (Å²) in [6.07, 6.45) is 11.7. The molecular weight excluding hydrogens is 809 g/mol. The molecule has 2 aliphatic heterocycles. The summed E-state index contributed by atoms with van der Waals surface area (Å²) in [5.41, 5.74) is 5.13. The van der Waals surface area contributed by atoms with Crippen molar-refractivity contribution >= 4 is 46.9 Å². The minimum absolute atomic E-state index is 0.0888. The van der Waals surface area contributed by atoms with Gasteiger partial charge in [0.1, 0.15) is 23.7 Å². The van der Waals surface area contributed by atoms with E-state index in [-0.39, 0.29) is 53.7 Å². The number of rotatable bonds is 11. The highest BCUT2D eigenvalue weighted by Gasteiger charge is 2.57. The largest absolute Gasteiger partial charge is 0.453 e. The zero-order valence-corrected chi connectivity index (χ0v) is 37.1. The van der Waals surface area contributed by atoms with Crippen LogP contribution in [0.25, 0.3) is 45.4 Å². The zero-order chi connectivity index (χ0) is 44.6. The van der Waals surface area contributed by atoms with Crippen LogP contribution in [-0.2, 0) is 19.1 Å². The summed E-state index contributed by atoms with van der Waals surface area (Å²) in [4.78, 5) is 72.5. The van der Waals surface area contributed by atoms with Crippen molar-refractivity contribution in [2.45, 2.75) is 102 Å². The van der Waals surface area contributed by atoms with Crippen molar-refractivity contribution in [1.82, 2.24) is 40.4 Å². The van der Waals surface area contributed by atoms with Gasteiger partial charge in [-0.2, -0.15) is 0 Å². The summed E-state index contributed by atoms with van der Waals surface area (Å²) >= 11 is 0. The predicted octanol–water partition coefficient (Wildman–Crippen LogP) is 6.45. The number of fused-ring (bicyclic) bond motifs is 4. The molecule has 3 aromatic carbocycles. The number of H-pyrrole nitrogens is 2. The topological polar surface area (TPSA) is 175 Å². The molecule has 14 heteroatoms. The molecule has 2 saturated heterocycles. The number of nitrogens with zero attached hydrogens (tertiary/aromatic N) is 4. The Kier molecular flexibility index (Phi) is 10.6. The van der Waals surface area contributed by atoms with Gasteiger partial charge in [0.15, 0.2) is 0 Å². The average molecular weight is 865 g/mol. The molecule has 4 fully saturated rings. The highest BCUT2D eigenvalue weighted by atomic mass is 16.5. The molecule has 0 spiro atoms. The second-order valence-electron chi connectivity index (χ2n) is 19.1. The summed E-state index contributed by atoms with van der Waals surface area (Å²) in [6.45, 7) is 7.72. The van der Waals surface area contributed by atoms with Gasteiger partial charge in [-0.05, 0) is 94.7 Å². The number of likely N-dealkylation sites (tertiary alicyclic amines) is 2. The Morgan fingerprint density at radius 1 is 0.656 bits per heavy atom. The van der Waals surface area contributed by atoms with E-state index in [0.717, 1.165) is 77.0 Å². The first kappa shape index (κ1) is 41.6. The van der Waals surface area contributed by atoms with Crippen molar-refractivity contribution in [2.75, 3.05) is 14.2 Å². The number of imidazole rings is 2. The average Bonchev–Trinajstić information content (AvgIpc) is 3.88. The fraction of sp³-hybridized carbons (Fsp3) is 0.440. The van der Waals surface area contributed by atoms with Gasteiger partial charge in [0.05, 0.1) is 50.1 Å². The number of alkyl carbamates (subject to hydrolysis) is 2. The van der Waals surface area contributed by atoms with Crippen LogP contribution in [0.3, 0.4) is 0 Å². The number of carbonyl (C=O) groups is 4. The van der Waals surface area contributed by atoms with Gasteiger partial charge in [0.2, 0.25) is 11.8 Å². The van der Waals surface area contributed by atoms with Crippen LogP contribution >= 0.6 is 0 Å². The fourth-order valence-electron chi connectivity index (χ4n) is 10.6. The molecular formula is C50H56N8O6. The Balaban J connectivity index is 0.825. The summed E-state index contributed by atoms with van der Waals surface area (Å²) in [6, 6.07) is 18.4.